The summed E-state index contributed by atoms with van der Waals surface area (Å²) in [6.07, 6.45) is 3.17. The zero-order valence-electron chi connectivity index (χ0n) is 5.58. The monoisotopic (exact) mass is 166 g/mol. The number of hydrogen-bond donors (Lipinski definition) is 1. The molecule has 0 unspecified atom stereocenters. The first-order valence-electron chi connectivity index (χ1n) is 3.10. The van der Waals surface area contributed by atoms with Gasteiger partial charge >= 0.3 is 0 Å². The van der Waals surface area contributed by atoms with Gasteiger partial charge in [0.15, 0.2) is 5.82 Å². The molecule has 0 saturated carbocycles. The van der Waals surface area contributed by atoms with E-state index >= 15 is 0 Å². The highest BCUT2D eigenvalue weighted by atomic mass is 35.5. The first kappa shape index (κ1) is 6.49. The number of aromatic nitrogens is 1. The molecule has 0 spiro atoms. The third-order valence-electron chi connectivity index (χ3n) is 1.49. The number of nitrogens with zero attached hydrogens (tertiary/aromatic N) is 2. The zero-order chi connectivity index (χ0) is 7.84. The highest BCUT2D eigenvalue weighted by Gasteiger charge is 2.16. The smallest absolute Gasteiger partial charge is 0.162 e. The largest absolute Gasteiger partial charge is 0.397 e. The standard InChI is InChI=1S/C7H5ClN3/c8-4-1-2-10-7-6(4)5(9)3-11-7/h1-3H,9H2. The molecule has 0 aromatic carbocycles. The summed E-state index contributed by atoms with van der Waals surface area (Å²) in [5, 5.41) is 4.56. The van der Waals surface area contributed by atoms with Crippen LogP contribution in [0.4, 0.5) is 5.82 Å². The second-order valence-electron chi connectivity index (χ2n) is 2.20. The maximum Gasteiger partial charge on any atom is 0.162 e. The number of fused-ring (bicyclic) bond motifs is 1. The fourth-order valence-electron chi connectivity index (χ4n) is 0.988. The zero-order valence-corrected chi connectivity index (χ0v) is 6.34. The van der Waals surface area contributed by atoms with Crippen molar-refractivity contribution in [1.82, 2.24) is 10.3 Å². The van der Waals surface area contributed by atoms with E-state index in [0.717, 1.165) is 5.56 Å². The van der Waals surface area contributed by atoms with Crippen LogP contribution in [0, 0.1) is 0 Å². The molecule has 11 heavy (non-hydrogen) atoms. The third kappa shape index (κ3) is 0.851. The van der Waals surface area contributed by atoms with E-state index in [1.165, 1.54) is 0 Å². The molecule has 3 nitrogen and oxygen atoms in total. The van der Waals surface area contributed by atoms with Gasteiger partial charge in [0.05, 0.1) is 22.5 Å². The van der Waals surface area contributed by atoms with Crippen molar-refractivity contribution >= 4 is 23.1 Å². The van der Waals surface area contributed by atoms with Gasteiger partial charge in [0.2, 0.25) is 0 Å². The minimum atomic E-state index is 0.582. The molecule has 0 aliphatic carbocycles. The van der Waals surface area contributed by atoms with E-state index in [9.17, 15) is 0 Å². The van der Waals surface area contributed by atoms with Gasteiger partial charge in [-0.25, -0.2) is 10.3 Å². The number of hydrogen-bond acceptors (Lipinski definition) is 2. The average molecular weight is 167 g/mol. The highest BCUT2D eigenvalue weighted by Crippen LogP contribution is 2.30. The van der Waals surface area contributed by atoms with Crippen LogP contribution in [0.5, 0.6) is 0 Å². The predicted molar refractivity (Wildman–Crippen MR) is 43.2 cm³/mol. The Morgan fingerprint density at radius 2 is 2.27 bits per heavy atom. The van der Waals surface area contributed by atoms with Crippen molar-refractivity contribution < 1.29 is 0 Å². The van der Waals surface area contributed by atoms with Crippen LogP contribution in [0.1, 0.15) is 5.56 Å². The van der Waals surface area contributed by atoms with Crippen molar-refractivity contribution in [3.05, 3.63) is 29.0 Å². The van der Waals surface area contributed by atoms with Crippen molar-refractivity contribution in [2.75, 3.05) is 0 Å². The van der Waals surface area contributed by atoms with Gasteiger partial charge in [-0.3, -0.25) is 0 Å². The van der Waals surface area contributed by atoms with E-state index in [4.69, 9.17) is 17.3 Å². The summed E-state index contributed by atoms with van der Waals surface area (Å²) in [5.74, 6) is 0.606. The van der Waals surface area contributed by atoms with Crippen LogP contribution in [-0.4, -0.2) is 4.98 Å². The van der Waals surface area contributed by atoms with Gasteiger partial charge in [-0.05, 0) is 6.07 Å². The topological polar surface area (TPSA) is 53.0 Å². The van der Waals surface area contributed by atoms with E-state index in [1.54, 1.807) is 18.5 Å². The molecule has 2 heterocycles. The van der Waals surface area contributed by atoms with E-state index in [2.05, 4.69) is 10.3 Å². The molecular formula is C7H5ClN3. The minimum absolute atomic E-state index is 0.582. The van der Waals surface area contributed by atoms with E-state index in [-0.39, 0.29) is 0 Å². The average Bonchev–Trinajstić information content (AvgIpc) is 2.34. The summed E-state index contributed by atoms with van der Waals surface area (Å²) < 4.78 is 0. The van der Waals surface area contributed by atoms with Crippen molar-refractivity contribution in [2.45, 2.75) is 0 Å². The van der Waals surface area contributed by atoms with Gasteiger partial charge in [-0.1, -0.05) is 11.6 Å². The van der Waals surface area contributed by atoms with Gasteiger partial charge in [-0.2, -0.15) is 0 Å². The third-order valence-corrected chi connectivity index (χ3v) is 1.81. The molecule has 0 saturated heterocycles. The van der Waals surface area contributed by atoms with Gasteiger partial charge in [0.1, 0.15) is 0 Å². The summed E-state index contributed by atoms with van der Waals surface area (Å²) in [4.78, 5) is 3.99. The molecule has 55 valence electrons. The van der Waals surface area contributed by atoms with Gasteiger partial charge in [0, 0.05) is 6.20 Å². The molecular weight excluding hydrogens is 162 g/mol. The lowest BCUT2D eigenvalue weighted by molar-refractivity contribution is 1.12. The molecule has 1 aliphatic rings. The van der Waals surface area contributed by atoms with Crippen molar-refractivity contribution in [1.29, 1.82) is 0 Å². The number of pyridine rings is 1. The Morgan fingerprint density at radius 3 is 3.00 bits per heavy atom. The predicted octanol–water partition coefficient (Wildman–Crippen LogP) is 1.24. The first-order valence-corrected chi connectivity index (χ1v) is 3.48. The Morgan fingerprint density at radius 1 is 1.45 bits per heavy atom. The van der Waals surface area contributed by atoms with Crippen LogP contribution in [0.25, 0.3) is 5.70 Å². The lowest BCUT2D eigenvalue weighted by atomic mass is 10.2. The summed E-state index contributed by atoms with van der Waals surface area (Å²) in [6.45, 7) is 0. The summed E-state index contributed by atoms with van der Waals surface area (Å²) >= 11 is 5.84. The molecule has 1 aromatic heterocycles. The number of halogens is 1. The maximum atomic E-state index is 5.84. The lowest BCUT2D eigenvalue weighted by Crippen LogP contribution is -1.93. The van der Waals surface area contributed by atoms with E-state index in [0.29, 0.717) is 16.5 Å². The van der Waals surface area contributed by atoms with Crippen molar-refractivity contribution in [2.24, 2.45) is 5.73 Å². The Bertz CT molecular complexity index is 332. The molecule has 4 heteroatoms. The fraction of sp³-hybridized carbons (Fsp3) is 0. The van der Waals surface area contributed by atoms with Crippen molar-refractivity contribution in [3.63, 3.8) is 0 Å². The van der Waals surface area contributed by atoms with Gasteiger partial charge < -0.3 is 5.73 Å². The quantitative estimate of drug-likeness (QED) is 0.631. The molecule has 0 atom stereocenters. The molecule has 1 aliphatic heterocycles. The van der Waals surface area contributed by atoms with Crippen LogP contribution in [0.15, 0.2) is 18.5 Å². The Kier molecular flexibility index (Phi) is 1.26. The SMILES string of the molecule is NC1=C[N]c2nccc(Cl)c21. The van der Waals surface area contributed by atoms with Gasteiger partial charge in [-0.15, -0.1) is 0 Å². The molecule has 2 rings (SSSR count). The molecule has 0 bridgehead atoms. The molecule has 1 radical (unpaired) electrons. The van der Waals surface area contributed by atoms with Crippen LogP contribution in [0.3, 0.4) is 0 Å². The van der Waals surface area contributed by atoms with Gasteiger partial charge in [0.25, 0.3) is 0 Å². The molecule has 1 aromatic rings. The second kappa shape index (κ2) is 2.13. The molecule has 0 fully saturated rings. The van der Waals surface area contributed by atoms with E-state index in [1.807, 2.05) is 0 Å². The van der Waals surface area contributed by atoms with Crippen LogP contribution >= 0.6 is 11.6 Å². The van der Waals surface area contributed by atoms with Crippen LogP contribution in [0.2, 0.25) is 5.02 Å². The maximum absolute atomic E-state index is 5.84. The highest BCUT2D eigenvalue weighted by molar-refractivity contribution is 6.32. The fourth-order valence-corrected chi connectivity index (χ4v) is 1.24. The Labute approximate surface area is 68.9 Å². The lowest BCUT2D eigenvalue weighted by Gasteiger charge is -1.99. The molecule has 0 amide bonds. The molecule has 2 N–H and O–H groups in total. The minimum Gasteiger partial charge on any atom is -0.397 e. The van der Waals surface area contributed by atoms with E-state index < -0.39 is 0 Å². The van der Waals surface area contributed by atoms with Crippen molar-refractivity contribution in [3.8, 4) is 0 Å². The second-order valence-corrected chi connectivity index (χ2v) is 2.61. The number of nitrogens with two attached hydrogens (primary N) is 1. The summed E-state index contributed by atoms with van der Waals surface area (Å²) in [7, 11) is 0. The van der Waals surface area contributed by atoms with Crippen LogP contribution in [-0.2, 0) is 0 Å². The summed E-state index contributed by atoms with van der Waals surface area (Å²) in [6, 6.07) is 1.70. The van der Waals surface area contributed by atoms with Crippen LogP contribution < -0.4 is 11.1 Å². The normalized spacial score (nSPS) is 13.7. The number of rotatable bonds is 0. The Balaban J connectivity index is 2.67. The Hall–Kier alpha value is -1.22. The summed E-state index contributed by atoms with van der Waals surface area (Å²) in [5.41, 5.74) is 6.92. The first-order chi connectivity index (χ1) is 5.29.